The van der Waals surface area contributed by atoms with Gasteiger partial charge >= 0.3 is 0 Å². The van der Waals surface area contributed by atoms with E-state index < -0.39 is 0 Å². The third-order valence-corrected chi connectivity index (χ3v) is 2.59. The van der Waals surface area contributed by atoms with Crippen LogP contribution in [0.5, 0.6) is 0 Å². The molecular weight excluding hydrogens is 170 g/mol. The maximum absolute atomic E-state index is 4.61. The van der Waals surface area contributed by atoms with E-state index >= 15 is 0 Å². The fraction of sp³-hybridized carbons (Fsp3) is 0.615. The standard InChI is InChI=1S/C11H15N.C2H6/c1-3-9-6-7-11(10-4-5-10)12-8(9)2;1-2/h6-7,10H,3-5H2,1-2H3;1-2H3. The Morgan fingerprint density at radius 3 is 2.36 bits per heavy atom. The number of pyridine rings is 1. The minimum absolute atomic E-state index is 0.787. The normalized spacial score (nSPS) is 14.6. The number of aromatic nitrogens is 1. The van der Waals surface area contributed by atoms with Crippen LogP contribution in [-0.2, 0) is 6.42 Å². The molecule has 1 aliphatic carbocycles. The van der Waals surface area contributed by atoms with Crippen molar-refractivity contribution < 1.29 is 0 Å². The monoisotopic (exact) mass is 191 g/mol. The zero-order valence-corrected chi connectivity index (χ0v) is 9.80. The Balaban J connectivity index is 0.000000461. The number of hydrogen-bond donors (Lipinski definition) is 0. The summed E-state index contributed by atoms with van der Waals surface area (Å²) in [5, 5.41) is 0. The van der Waals surface area contributed by atoms with Gasteiger partial charge in [-0.1, -0.05) is 26.8 Å². The molecular formula is C13H21N. The van der Waals surface area contributed by atoms with Gasteiger partial charge < -0.3 is 0 Å². The molecule has 1 fully saturated rings. The lowest BCUT2D eigenvalue weighted by molar-refractivity contribution is 0.957. The molecule has 0 atom stereocenters. The van der Waals surface area contributed by atoms with Gasteiger partial charge in [-0.15, -0.1) is 0 Å². The molecule has 1 aliphatic rings. The molecule has 0 radical (unpaired) electrons. The van der Waals surface area contributed by atoms with Crippen molar-refractivity contribution in [3.8, 4) is 0 Å². The van der Waals surface area contributed by atoms with Crippen molar-refractivity contribution in [2.45, 2.75) is 52.9 Å². The minimum Gasteiger partial charge on any atom is -0.258 e. The van der Waals surface area contributed by atoms with Crippen molar-refractivity contribution in [1.29, 1.82) is 0 Å². The number of hydrogen-bond acceptors (Lipinski definition) is 1. The molecule has 0 amide bonds. The Morgan fingerprint density at radius 1 is 1.29 bits per heavy atom. The smallest absolute Gasteiger partial charge is 0.0437 e. The molecule has 0 unspecified atom stereocenters. The number of aryl methyl sites for hydroxylation is 2. The summed E-state index contributed by atoms with van der Waals surface area (Å²) >= 11 is 0. The molecule has 0 bridgehead atoms. The van der Waals surface area contributed by atoms with Crippen LogP contribution in [0.15, 0.2) is 12.1 Å². The molecule has 0 N–H and O–H groups in total. The van der Waals surface area contributed by atoms with Crippen LogP contribution in [0.3, 0.4) is 0 Å². The lowest BCUT2D eigenvalue weighted by Crippen LogP contribution is -1.94. The predicted octanol–water partition coefficient (Wildman–Crippen LogP) is 3.86. The summed E-state index contributed by atoms with van der Waals surface area (Å²) in [6.07, 6.45) is 3.79. The molecule has 14 heavy (non-hydrogen) atoms. The minimum atomic E-state index is 0.787. The van der Waals surface area contributed by atoms with Crippen molar-refractivity contribution in [1.82, 2.24) is 4.98 Å². The van der Waals surface area contributed by atoms with Gasteiger partial charge in [0.05, 0.1) is 0 Å². The molecule has 1 heteroatoms. The van der Waals surface area contributed by atoms with E-state index in [4.69, 9.17) is 0 Å². The molecule has 1 aromatic heterocycles. The highest BCUT2D eigenvalue weighted by molar-refractivity contribution is 5.25. The van der Waals surface area contributed by atoms with Crippen LogP contribution >= 0.6 is 0 Å². The van der Waals surface area contributed by atoms with Crippen LogP contribution in [0.1, 0.15) is 56.5 Å². The van der Waals surface area contributed by atoms with Crippen molar-refractivity contribution >= 4 is 0 Å². The third kappa shape index (κ3) is 2.57. The Kier molecular flexibility index (Phi) is 4.12. The Labute approximate surface area is 87.6 Å². The second kappa shape index (κ2) is 5.14. The molecule has 0 saturated heterocycles. The molecule has 1 nitrogen and oxygen atoms in total. The zero-order valence-electron chi connectivity index (χ0n) is 9.80. The molecule has 78 valence electrons. The van der Waals surface area contributed by atoms with Crippen LogP contribution in [-0.4, -0.2) is 4.98 Å². The summed E-state index contributed by atoms with van der Waals surface area (Å²) < 4.78 is 0. The summed E-state index contributed by atoms with van der Waals surface area (Å²) in [5.74, 6) is 0.787. The van der Waals surface area contributed by atoms with E-state index in [2.05, 4.69) is 31.0 Å². The Bertz CT molecular complexity index is 287. The summed E-state index contributed by atoms with van der Waals surface area (Å²) in [5.41, 5.74) is 3.92. The maximum atomic E-state index is 4.61. The van der Waals surface area contributed by atoms with Crippen LogP contribution in [0.25, 0.3) is 0 Å². The first-order valence-corrected chi connectivity index (χ1v) is 5.77. The van der Waals surface area contributed by atoms with Gasteiger partial charge in [-0.2, -0.15) is 0 Å². The molecule has 1 aromatic rings. The Morgan fingerprint density at radius 2 is 1.93 bits per heavy atom. The zero-order chi connectivity index (χ0) is 10.6. The second-order valence-corrected chi connectivity index (χ2v) is 3.61. The SMILES string of the molecule is CC.CCc1ccc(C2CC2)nc1C. The number of nitrogens with zero attached hydrogens (tertiary/aromatic N) is 1. The fourth-order valence-corrected chi connectivity index (χ4v) is 1.59. The summed E-state index contributed by atoms with van der Waals surface area (Å²) in [6, 6.07) is 4.43. The van der Waals surface area contributed by atoms with E-state index in [9.17, 15) is 0 Å². The van der Waals surface area contributed by atoms with E-state index in [-0.39, 0.29) is 0 Å². The van der Waals surface area contributed by atoms with Gasteiger partial charge in [-0.25, -0.2) is 0 Å². The summed E-state index contributed by atoms with van der Waals surface area (Å²) in [7, 11) is 0. The summed E-state index contributed by atoms with van der Waals surface area (Å²) in [4.78, 5) is 4.61. The summed E-state index contributed by atoms with van der Waals surface area (Å²) in [6.45, 7) is 8.30. The van der Waals surface area contributed by atoms with Gasteiger partial charge in [0.25, 0.3) is 0 Å². The molecule has 1 saturated carbocycles. The first-order valence-electron chi connectivity index (χ1n) is 5.77. The third-order valence-electron chi connectivity index (χ3n) is 2.59. The maximum Gasteiger partial charge on any atom is 0.0437 e. The predicted molar refractivity (Wildman–Crippen MR) is 61.7 cm³/mol. The Hall–Kier alpha value is -0.850. The lowest BCUT2D eigenvalue weighted by Gasteiger charge is -2.03. The van der Waals surface area contributed by atoms with Gasteiger partial charge in [0.15, 0.2) is 0 Å². The highest BCUT2D eigenvalue weighted by atomic mass is 14.7. The lowest BCUT2D eigenvalue weighted by atomic mass is 10.1. The first kappa shape index (κ1) is 11.2. The van der Waals surface area contributed by atoms with Crippen LogP contribution in [0, 0.1) is 6.92 Å². The molecule has 2 rings (SSSR count). The van der Waals surface area contributed by atoms with Crippen molar-refractivity contribution in [2.24, 2.45) is 0 Å². The van der Waals surface area contributed by atoms with Gasteiger partial charge in [0.1, 0.15) is 0 Å². The quantitative estimate of drug-likeness (QED) is 0.691. The second-order valence-electron chi connectivity index (χ2n) is 3.61. The van der Waals surface area contributed by atoms with Crippen molar-refractivity contribution in [3.63, 3.8) is 0 Å². The number of rotatable bonds is 2. The largest absolute Gasteiger partial charge is 0.258 e. The van der Waals surface area contributed by atoms with Gasteiger partial charge in [-0.3, -0.25) is 4.98 Å². The molecule has 0 spiro atoms. The average molecular weight is 191 g/mol. The van der Waals surface area contributed by atoms with E-state index in [1.807, 2.05) is 13.8 Å². The van der Waals surface area contributed by atoms with Crippen LogP contribution < -0.4 is 0 Å². The van der Waals surface area contributed by atoms with Crippen LogP contribution in [0.4, 0.5) is 0 Å². The first-order chi connectivity index (χ1) is 6.81. The van der Waals surface area contributed by atoms with Gasteiger partial charge in [-0.05, 0) is 37.8 Å². The topological polar surface area (TPSA) is 12.9 Å². The van der Waals surface area contributed by atoms with E-state index in [0.29, 0.717) is 0 Å². The van der Waals surface area contributed by atoms with Gasteiger partial charge in [0, 0.05) is 17.3 Å². The van der Waals surface area contributed by atoms with Gasteiger partial charge in [0.2, 0.25) is 0 Å². The van der Waals surface area contributed by atoms with Crippen molar-refractivity contribution in [3.05, 3.63) is 29.1 Å². The fourth-order valence-electron chi connectivity index (χ4n) is 1.59. The molecule has 0 aliphatic heterocycles. The highest BCUT2D eigenvalue weighted by Gasteiger charge is 2.24. The molecule has 1 heterocycles. The van der Waals surface area contributed by atoms with Crippen molar-refractivity contribution in [2.75, 3.05) is 0 Å². The van der Waals surface area contributed by atoms with Crippen LogP contribution in [0.2, 0.25) is 0 Å². The van der Waals surface area contributed by atoms with E-state index in [1.165, 1.54) is 29.8 Å². The average Bonchev–Trinajstić information content (AvgIpc) is 3.04. The molecule has 0 aromatic carbocycles. The van der Waals surface area contributed by atoms with E-state index in [1.54, 1.807) is 0 Å². The highest BCUT2D eigenvalue weighted by Crippen LogP contribution is 2.39. The van der Waals surface area contributed by atoms with E-state index in [0.717, 1.165) is 12.3 Å².